The van der Waals surface area contributed by atoms with E-state index in [0.29, 0.717) is 6.04 Å². The first-order valence-electron chi connectivity index (χ1n) is 11.6. The van der Waals surface area contributed by atoms with Crippen LogP contribution in [0.3, 0.4) is 0 Å². The number of hydrogen-bond donors (Lipinski definition) is 2. The standard InChI is InChI=1S/C20H25N3O.C6H6O3S/c1-4-23(5-2)20(24)14-9-16-15-7-6-8-17-19(15)13(11-21-17)10-18(16)22(3)12-14;7-10(8,9)6-4-2-1-3-5-6/h6-9,11,14,18,21H,4-5,10,12H2,1-3H3;1-5H,(H,7,8,9)/t14-,18-;/m1./s1. The summed E-state index contributed by atoms with van der Waals surface area (Å²) in [5.74, 6) is 0.210. The van der Waals surface area contributed by atoms with Gasteiger partial charge in [0.25, 0.3) is 10.1 Å². The molecule has 7 nitrogen and oxygen atoms in total. The number of likely N-dealkylation sites (N-methyl/N-ethyl adjacent to an activating group) is 1. The van der Waals surface area contributed by atoms with Crippen LogP contribution < -0.4 is 0 Å². The molecule has 2 aliphatic rings. The SMILES string of the molecule is CCN(CC)C(=O)[C@@H]1C=C2c3cccc4[nH]cc(c34)C[C@H]2N(C)C1.O=S(=O)(O)c1ccccc1. The van der Waals surface area contributed by atoms with Crippen LogP contribution in [-0.2, 0) is 21.3 Å². The zero-order valence-electron chi connectivity index (χ0n) is 19.7. The maximum Gasteiger partial charge on any atom is 0.294 e. The fourth-order valence-corrected chi connectivity index (χ4v) is 5.47. The molecule has 5 rings (SSSR count). The number of aromatic amines is 1. The van der Waals surface area contributed by atoms with Crippen LogP contribution in [-0.4, -0.2) is 66.4 Å². The van der Waals surface area contributed by atoms with E-state index >= 15 is 0 Å². The quantitative estimate of drug-likeness (QED) is 0.553. The Balaban J connectivity index is 0.000000231. The largest absolute Gasteiger partial charge is 0.361 e. The summed E-state index contributed by atoms with van der Waals surface area (Å²) in [6.45, 7) is 6.47. The Morgan fingerprint density at radius 1 is 1.12 bits per heavy atom. The number of aromatic nitrogens is 1. The predicted molar refractivity (Wildman–Crippen MR) is 134 cm³/mol. The third kappa shape index (κ3) is 4.66. The molecule has 1 amide bonds. The second-order valence-corrected chi connectivity index (χ2v) is 10.2. The lowest BCUT2D eigenvalue weighted by molar-refractivity contribution is -0.134. The first-order valence-corrected chi connectivity index (χ1v) is 13.0. The van der Waals surface area contributed by atoms with E-state index in [2.05, 4.69) is 61.3 Å². The minimum absolute atomic E-state index is 0.0445. The highest BCUT2D eigenvalue weighted by Crippen LogP contribution is 2.40. The number of carbonyl (C=O) groups excluding carboxylic acids is 1. The molecule has 0 unspecified atom stereocenters. The van der Waals surface area contributed by atoms with Gasteiger partial charge in [-0.15, -0.1) is 0 Å². The summed E-state index contributed by atoms with van der Waals surface area (Å²) in [7, 11) is -1.85. The average Bonchev–Trinajstić information content (AvgIpc) is 3.25. The van der Waals surface area contributed by atoms with Gasteiger partial charge in [-0.3, -0.25) is 14.2 Å². The number of hydrogen-bond acceptors (Lipinski definition) is 4. The fourth-order valence-electron chi connectivity index (χ4n) is 4.97. The molecule has 0 bridgehead atoms. The van der Waals surface area contributed by atoms with Gasteiger partial charge in [0.1, 0.15) is 0 Å². The molecule has 1 aromatic heterocycles. The molecule has 3 aromatic rings. The highest BCUT2D eigenvalue weighted by molar-refractivity contribution is 7.85. The lowest BCUT2D eigenvalue weighted by atomic mass is 9.79. The monoisotopic (exact) mass is 481 g/mol. The Morgan fingerprint density at radius 3 is 2.44 bits per heavy atom. The van der Waals surface area contributed by atoms with Crippen molar-refractivity contribution in [2.24, 2.45) is 5.92 Å². The first kappa shape index (κ1) is 24.2. The molecule has 2 heterocycles. The van der Waals surface area contributed by atoms with E-state index in [4.69, 9.17) is 4.55 Å². The molecule has 2 N–H and O–H groups in total. The Bertz CT molecular complexity index is 1310. The molecular formula is C26H31N3O4S. The number of nitrogens with one attached hydrogen (secondary N) is 1. The van der Waals surface area contributed by atoms with Crippen molar-refractivity contribution in [1.29, 1.82) is 0 Å². The highest BCUT2D eigenvalue weighted by atomic mass is 32.2. The molecule has 0 fully saturated rings. The molecule has 1 aliphatic carbocycles. The van der Waals surface area contributed by atoms with Crippen molar-refractivity contribution in [2.75, 3.05) is 26.7 Å². The molecule has 0 spiro atoms. The lowest BCUT2D eigenvalue weighted by Gasteiger charge is -2.40. The average molecular weight is 482 g/mol. The number of nitrogens with zero attached hydrogens (tertiary/aromatic N) is 2. The van der Waals surface area contributed by atoms with E-state index in [1.807, 2.05) is 4.90 Å². The number of H-pyrrole nitrogens is 1. The number of carbonyl (C=O) groups is 1. The lowest BCUT2D eigenvalue weighted by Crippen LogP contribution is -2.47. The smallest absolute Gasteiger partial charge is 0.294 e. The topological polar surface area (TPSA) is 93.7 Å². The van der Waals surface area contributed by atoms with Gasteiger partial charge < -0.3 is 9.88 Å². The fraction of sp³-hybridized carbons (Fsp3) is 0.346. The molecule has 2 aromatic carbocycles. The zero-order chi connectivity index (χ0) is 24.5. The summed E-state index contributed by atoms with van der Waals surface area (Å²) in [6, 6.07) is 14.2. The summed E-state index contributed by atoms with van der Waals surface area (Å²) in [5.41, 5.74) is 5.21. The Kier molecular flexibility index (Phi) is 6.93. The number of rotatable bonds is 4. The molecular weight excluding hydrogens is 450 g/mol. The molecule has 8 heteroatoms. The third-order valence-electron chi connectivity index (χ3n) is 6.70. The van der Waals surface area contributed by atoms with E-state index in [0.717, 1.165) is 26.1 Å². The van der Waals surface area contributed by atoms with Gasteiger partial charge in [0.05, 0.1) is 10.8 Å². The molecule has 2 atom stereocenters. The Labute approximate surface area is 200 Å². The van der Waals surface area contributed by atoms with Crippen LogP contribution in [0.2, 0.25) is 0 Å². The maximum absolute atomic E-state index is 12.9. The van der Waals surface area contributed by atoms with E-state index < -0.39 is 10.1 Å². The summed E-state index contributed by atoms with van der Waals surface area (Å²) >= 11 is 0. The second kappa shape index (κ2) is 9.74. The van der Waals surface area contributed by atoms with E-state index in [1.165, 1.54) is 39.7 Å². The van der Waals surface area contributed by atoms with Crippen molar-refractivity contribution in [1.82, 2.24) is 14.8 Å². The van der Waals surface area contributed by atoms with Gasteiger partial charge in [-0.25, -0.2) is 0 Å². The summed E-state index contributed by atoms with van der Waals surface area (Å²) in [4.78, 5) is 20.5. The maximum atomic E-state index is 12.9. The summed E-state index contributed by atoms with van der Waals surface area (Å²) < 4.78 is 29.2. The minimum Gasteiger partial charge on any atom is -0.361 e. The third-order valence-corrected chi connectivity index (χ3v) is 7.57. The van der Waals surface area contributed by atoms with E-state index in [-0.39, 0.29) is 16.7 Å². The van der Waals surface area contributed by atoms with Crippen LogP contribution in [0.15, 0.2) is 65.7 Å². The van der Waals surface area contributed by atoms with Gasteiger partial charge in [0.15, 0.2) is 0 Å². The molecule has 34 heavy (non-hydrogen) atoms. The summed E-state index contributed by atoms with van der Waals surface area (Å²) in [5, 5.41) is 1.34. The minimum atomic E-state index is -4.00. The van der Waals surface area contributed by atoms with Crippen LogP contribution in [0.25, 0.3) is 16.5 Å². The van der Waals surface area contributed by atoms with Gasteiger partial charge in [-0.2, -0.15) is 8.42 Å². The molecule has 180 valence electrons. The van der Waals surface area contributed by atoms with Gasteiger partial charge in [-0.05, 0) is 62.2 Å². The molecule has 0 saturated heterocycles. The van der Waals surface area contributed by atoms with E-state index in [1.54, 1.807) is 18.2 Å². The number of amides is 1. The Morgan fingerprint density at radius 2 is 1.82 bits per heavy atom. The molecule has 1 aliphatic heterocycles. The molecule has 0 saturated carbocycles. The van der Waals surface area contributed by atoms with Crippen molar-refractivity contribution in [3.05, 3.63) is 71.9 Å². The van der Waals surface area contributed by atoms with Gasteiger partial charge in [0, 0.05) is 42.8 Å². The molecule has 0 radical (unpaired) electrons. The Hall–Kier alpha value is -2.94. The van der Waals surface area contributed by atoms with Gasteiger partial charge >= 0.3 is 0 Å². The van der Waals surface area contributed by atoms with Gasteiger partial charge in [-0.1, -0.05) is 36.4 Å². The van der Waals surface area contributed by atoms with Crippen molar-refractivity contribution in [3.63, 3.8) is 0 Å². The normalized spacial score (nSPS) is 19.6. The van der Waals surface area contributed by atoms with Gasteiger partial charge in [0.2, 0.25) is 5.91 Å². The van der Waals surface area contributed by atoms with Crippen molar-refractivity contribution < 1.29 is 17.8 Å². The van der Waals surface area contributed by atoms with E-state index in [9.17, 15) is 13.2 Å². The highest BCUT2D eigenvalue weighted by Gasteiger charge is 2.36. The van der Waals surface area contributed by atoms with Crippen LogP contribution in [0.5, 0.6) is 0 Å². The van der Waals surface area contributed by atoms with Crippen LogP contribution in [0.4, 0.5) is 0 Å². The van der Waals surface area contributed by atoms with Crippen LogP contribution >= 0.6 is 0 Å². The zero-order valence-corrected chi connectivity index (χ0v) is 20.5. The van der Waals surface area contributed by atoms with Crippen molar-refractivity contribution in [2.45, 2.75) is 31.2 Å². The van der Waals surface area contributed by atoms with Crippen molar-refractivity contribution >= 4 is 32.5 Å². The van der Waals surface area contributed by atoms with Crippen LogP contribution in [0, 0.1) is 5.92 Å². The van der Waals surface area contributed by atoms with Crippen LogP contribution in [0.1, 0.15) is 25.0 Å². The number of fused-ring (bicyclic) bond motifs is 2. The first-order chi connectivity index (χ1) is 16.2. The number of benzene rings is 2. The summed E-state index contributed by atoms with van der Waals surface area (Å²) in [6.07, 6.45) is 5.41. The van der Waals surface area contributed by atoms with Crippen molar-refractivity contribution in [3.8, 4) is 0 Å². The second-order valence-electron chi connectivity index (χ2n) is 8.73. The predicted octanol–water partition coefficient (Wildman–Crippen LogP) is 3.84.